The van der Waals surface area contributed by atoms with Gasteiger partial charge in [0.15, 0.2) is 0 Å². The van der Waals surface area contributed by atoms with E-state index in [1.807, 2.05) is 0 Å². The SMILES string of the molecule is N[C@H](CC(=O)O)C(=O)Cl. The van der Waals surface area contributed by atoms with Crippen LogP contribution < -0.4 is 5.73 Å². The minimum Gasteiger partial charge on any atom is -0.481 e. The fraction of sp³-hybridized carbons (Fsp3) is 0.500. The Hall–Kier alpha value is -0.610. The minimum absolute atomic E-state index is 0.414. The summed E-state index contributed by atoms with van der Waals surface area (Å²) in [5.41, 5.74) is 4.96. The molecule has 0 unspecified atom stereocenters. The van der Waals surface area contributed by atoms with Crippen LogP contribution in [0.2, 0.25) is 0 Å². The summed E-state index contributed by atoms with van der Waals surface area (Å²) in [6.07, 6.45) is -0.414. The molecule has 0 aliphatic rings. The number of halogens is 1. The van der Waals surface area contributed by atoms with Crippen molar-refractivity contribution in [2.24, 2.45) is 5.73 Å². The fourth-order valence-corrected chi connectivity index (χ4v) is 0.346. The Bertz CT molecular complexity index is 136. The van der Waals surface area contributed by atoms with Gasteiger partial charge in [-0.2, -0.15) is 0 Å². The molecule has 1 atom stereocenters. The van der Waals surface area contributed by atoms with Gasteiger partial charge in [-0.3, -0.25) is 9.59 Å². The van der Waals surface area contributed by atoms with Gasteiger partial charge < -0.3 is 10.8 Å². The first kappa shape index (κ1) is 8.39. The molecule has 0 aliphatic heterocycles. The third-order valence-corrected chi connectivity index (χ3v) is 0.966. The predicted octanol–water partition coefficient (Wildman–Crippen LogP) is -0.446. The van der Waals surface area contributed by atoms with Crippen molar-refractivity contribution in [3.63, 3.8) is 0 Å². The summed E-state index contributed by atoms with van der Waals surface area (Å²) in [6.45, 7) is 0. The topological polar surface area (TPSA) is 80.4 Å². The Balaban J connectivity index is 3.63. The van der Waals surface area contributed by atoms with Crippen LogP contribution in [0.4, 0.5) is 0 Å². The molecule has 0 radical (unpaired) electrons. The molecule has 0 aromatic carbocycles. The van der Waals surface area contributed by atoms with Crippen molar-refractivity contribution in [1.82, 2.24) is 0 Å². The van der Waals surface area contributed by atoms with Gasteiger partial charge >= 0.3 is 5.97 Å². The lowest BCUT2D eigenvalue weighted by Crippen LogP contribution is -2.29. The van der Waals surface area contributed by atoms with Crippen LogP contribution in [-0.2, 0) is 9.59 Å². The monoisotopic (exact) mass is 151 g/mol. The molecule has 0 bridgehead atoms. The highest BCUT2D eigenvalue weighted by Crippen LogP contribution is 1.92. The van der Waals surface area contributed by atoms with Gasteiger partial charge in [-0.15, -0.1) is 0 Å². The van der Waals surface area contributed by atoms with Crippen molar-refractivity contribution in [2.45, 2.75) is 12.5 Å². The first-order valence-corrected chi connectivity index (χ1v) is 2.58. The number of aliphatic carboxylic acids is 1. The van der Waals surface area contributed by atoms with Gasteiger partial charge in [0.1, 0.15) is 0 Å². The van der Waals surface area contributed by atoms with Crippen molar-refractivity contribution in [3.8, 4) is 0 Å². The van der Waals surface area contributed by atoms with Crippen molar-refractivity contribution < 1.29 is 14.7 Å². The van der Waals surface area contributed by atoms with E-state index in [-0.39, 0.29) is 0 Å². The second kappa shape index (κ2) is 3.42. The highest BCUT2D eigenvalue weighted by Gasteiger charge is 2.13. The zero-order valence-corrected chi connectivity index (χ0v) is 5.26. The van der Waals surface area contributed by atoms with E-state index in [1.54, 1.807) is 0 Å². The summed E-state index contributed by atoms with van der Waals surface area (Å²) >= 11 is 4.85. The molecule has 5 heteroatoms. The third-order valence-electron chi connectivity index (χ3n) is 0.686. The summed E-state index contributed by atoms with van der Waals surface area (Å²) in [4.78, 5) is 19.9. The summed E-state index contributed by atoms with van der Waals surface area (Å²) in [5.74, 6) is -1.13. The van der Waals surface area contributed by atoms with Crippen LogP contribution >= 0.6 is 11.6 Å². The average Bonchev–Trinajstić information content (AvgIpc) is 1.63. The number of hydrogen-bond donors (Lipinski definition) is 2. The van der Waals surface area contributed by atoms with Gasteiger partial charge in [0, 0.05) is 0 Å². The van der Waals surface area contributed by atoms with Crippen LogP contribution in [-0.4, -0.2) is 22.4 Å². The number of rotatable bonds is 3. The van der Waals surface area contributed by atoms with E-state index < -0.39 is 23.7 Å². The van der Waals surface area contributed by atoms with Crippen LogP contribution in [0.15, 0.2) is 0 Å². The Morgan fingerprint density at radius 2 is 2.11 bits per heavy atom. The van der Waals surface area contributed by atoms with E-state index in [9.17, 15) is 9.59 Å². The van der Waals surface area contributed by atoms with Crippen molar-refractivity contribution >= 4 is 22.8 Å². The molecule has 9 heavy (non-hydrogen) atoms. The molecule has 52 valence electrons. The summed E-state index contributed by atoms with van der Waals surface area (Å²) in [6, 6.07) is -1.08. The van der Waals surface area contributed by atoms with Crippen LogP contribution in [0.25, 0.3) is 0 Å². The van der Waals surface area contributed by atoms with Gasteiger partial charge in [-0.25, -0.2) is 0 Å². The molecule has 0 aromatic rings. The highest BCUT2D eigenvalue weighted by molar-refractivity contribution is 6.64. The smallest absolute Gasteiger partial charge is 0.305 e. The van der Waals surface area contributed by atoms with E-state index in [1.165, 1.54) is 0 Å². The maximum atomic E-state index is 10.1. The summed E-state index contributed by atoms with van der Waals surface area (Å²) in [5, 5.41) is 7.22. The normalized spacial score (nSPS) is 12.7. The molecule has 0 fully saturated rings. The standard InChI is InChI=1S/C4H6ClNO3/c5-4(9)2(6)1-3(7)8/h2H,1,6H2,(H,7,8)/t2-/m1/s1. The van der Waals surface area contributed by atoms with Crippen LogP contribution in [0.1, 0.15) is 6.42 Å². The molecule has 0 amide bonds. The lowest BCUT2D eigenvalue weighted by Gasteiger charge is -1.98. The van der Waals surface area contributed by atoms with E-state index in [0.717, 1.165) is 0 Å². The van der Waals surface area contributed by atoms with Gasteiger partial charge in [-0.1, -0.05) is 0 Å². The molecule has 0 aromatic heterocycles. The zero-order chi connectivity index (χ0) is 7.44. The fourth-order valence-electron chi connectivity index (χ4n) is 0.268. The Kier molecular flexibility index (Phi) is 3.19. The summed E-state index contributed by atoms with van der Waals surface area (Å²) in [7, 11) is 0. The van der Waals surface area contributed by atoms with Gasteiger partial charge in [0.2, 0.25) is 5.24 Å². The molecule has 0 rings (SSSR count). The number of hydrogen-bond acceptors (Lipinski definition) is 3. The number of nitrogens with two attached hydrogens (primary N) is 1. The summed E-state index contributed by atoms with van der Waals surface area (Å²) < 4.78 is 0. The quantitative estimate of drug-likeness (QED) is 0.536. The number of carbonyl (C=O) groups is 2. The van der Waals surface area contributed by atoms with Crippen molar-refractivity contribution in [2.75, 3.05) is 0 Å². The maximum absolute atomic E-state index is 10.1. The minimum atomic E-state index is -1.13. The number of carboxylic acid groups (broad SMARTS) is 1. The second-order valence-corrected chi connectivity index (χ2v) is 1.88. The van der Waals surface area contributed by atoms with Gasteiger partial charge in [-0.05, 0) is 11.6 Å². The predicted molar refractivity (Wildman–Crippen MR) is 31.1 cm³/mol. The van der Waals surface area contributed by atoms with Gasteiger partial charge in [0.25, 0.3) is 0 Å². The molecular formula is C4H6ClNO3. The van der Waals surface area contributed by atoms with E-state index >= 15 is 0 Å². The van der Waals surface area contributed by atoms with Crippen LogP contribution in [0, 0.1) is 0 Å². The number of carbonyl (C=O) groups excluding carboxylic acids is 1. The first-order chi connectivity index (χ1) is 4.04. The Labute approximate surface area is 56.6 Å². The third kappa shape index (κ3) is 3.93. The average molecular weight is 152 g/mol. The largest absolute Gasteiger partial charge is 0.481 e. The number of carboxylic acids is 1. The van der Waals surface area contributed by atoms with Crippen molar-refractivity contribution in [1.29, 1.82) is 0 Å². The van der Waals surface area contributed by atoms with E-state index in [4.69, 9.17) is 22.4 Å². The Morgan fingerprint density at radius 3 is 2.22 bits per heavy atom. The second-order valence-electron chi connectivity index (χ2n) is 1.51. The van der Waals surface area contributed by atoms with Crippen LogP contribution in [0.5, 0.6) is 0 Å². The van der Waals surface area contributed by atoms with E-state index in [0.29, 0.717) is 0 Å². The molecule has 3 N–H and O–H groups in total. The molecule has 0 saturated heterocycles. The molecule has 4 nitrogen and oxygen atoms in total. The molecule has 0 spiro atoms. The van der Waals surface area contributed by atoms with Gasteiger partial charge in [0.05, 0.1) is 12.5 Å². The molecule has 0 aliphatic carbocycles. The first-order valence-electron chi connectivity index (χ1n) is 2.20. The molecule has 0 saturated carbocycles. The van der Waals surface area contributed by atoms with E-state index in [2.05, 4.69) is 0 Å². The zero-order valence-electron chi connectivity index (χ0n) is 4.50. The van der Waals surface area contributed by atoms with Crippen molar-refractivity contribution in [3.05, 3.63) is 0 Å². The highest BCUT2D eigenvalue weighted by atomic mass is 35.5. The lowest BCUT2D eigenvalue weighted by atomic mass is 10.2. The Morgan fingerprint density at radius 1 is 1.67 bits per heavy atom. The maximum Gasteiger partial charge on any atom is 0.305 e. The molecular weight excluding hydrogens is 146 g/mol. The lowest BCUT2D eigenvalue weighted by molar-refractivity contribution is -0.138. The molecule has 0 heterocycles. The van der Waals surface area contributed by atoms with Crippen LogP contribution in [0.3, 0.4) is 0 Å².